The van der Waals surface area contributed by atoms with Crippen LogP contribution in [0.2, 0.25) is 0 Å². The minimum Gasteiger partial charge on any atom is -0.394 e. The molecule has 0 saturated heterocycles. The van der Waals surface area contributed by atoms with Crippen molar-refractivity contribution in [2.75, 3.05) is 46.2 Å². The highest BCUT2D eigenvalue weighted by Gasteiger charge is 1.93. The molecule has 0 aliphatic heterocycles. The van der Waals surface area contributed by atoms with Crippen LogP contribution in [0.25, 0.3) is 0 Å². The topological polar surface area (TPSA) is 99.4 Å². The van der Waals surface area contributed by atoms with Gasteiger partial charge in [-0.3, -0.25) is 0 Å². The summed E-state index contributed by atoms with van der Waals surface area (Å²) in [6.45, 7) is 3.95. The Morgan fingerprint density at radius 3 is 1.76 bits per heavy atom. The Hall–Kier alpha value is -0.240. The summed E-state index contributed by atoms with van der Waals surface area (Å²) in [7, 11) is 0. The highest BCUT2D eigenvalue weighted by Crippen LogP contribution is 1.87. The van der Waals surface area contributed by atoms with E-state index in [9.17, 15) is 0 Å². The molecule has 0 aliphatic rings. The molecule has 0 heterocycles. The van der Waals surface area contributed by atoms with Crippen LogP contribution in [0.5, 0.6) is 0 Å². The van der Waals surface area contributed by atoms with Gasteiger partial charge >= 0.3 is 0 Å². The molecule has 0 radical (unpaired) electrons. The fourth-order valence-electron chi connectivity index (χ4n) is 0.691. The first-order valence-electron chi connectivity index (χ1n) is 5.89. The molecule has 6 heteroatoms. The average Bonchev–Trinajstić information content (AvgIpc) is 2.37. The zero-order valence-electron chi connectivity index (χ0n) is 10.5. The molecule has 0 bridgehead atoms. The lowest BCUT2D eigenvalue weighted by atomic mass is 10.4. The van der Waals surface area contributed by atoms with E-state index in [1.165, 1.54) is 0 Å². The van der Waals surface area contributed by atoms with Crippen LogP contribution in [0.3, 0.4) is 0 Å². The van der Waals surface area contributed by atoms with Gasteiger partial charge in [0.1, 0.15) is 6.10 Å². The van der Waals surface area contributed by atoms with E-state index in [2.05, 4.69) is 6.92 Å². The van der Waals surface area contributed by atoms with Crippen molar-refractivity contribution in [1.82, 2.24) is 0 Å². The number of aliphatic hydroxyl groups is 4. The largest absolute Gasteiger partial charge is 0.394 e. The Bertz CT molecular complexity index is 111. The maximum Gasteiger partial charge on any atom is 0.100 e. The van der Waals surface area contributed by atoms with Gasteiger partial charge in [0.2, 0.25) is 0 Å². The third-order valence-corrected chi connectivity index (χ3v) is 1.67. The number of ether oxygens (including phenoxy) is 2. The molecule has 0 aromatic rings. The van der Waals surface area contributed by atoms with Gasteiger partial charge in [-0.15, -0.1) is 0 Å². The molecule has 0 rings (SSSR count). The van der Waals surface area contributed by atoms with Crippen LogP contribution in [-0.2, 0) is 9.47 Å². The molecule has 17 heavy (non-hydrogen) atoms. The van der Waals surface area contributed by atoms with E-state index in [1.807, 2.05) is 0 Å². The zero-order chi connectivity index (χ0) is 13.4. The van der Waals surface area contributed by atoms with Crippen molar-refractivity contribution in [3.63, 3.8) is 0 Å². The first kappa shape index (κ1) is 19.1. The molecule has 0 aromatic carbocycles. The van der Waals surface area contributed by atoms with Crippen molar-refractivity contribution in [3.8, 4) is 0 Å². The summed E-state index contributed by atoms with van der Waals surface area (Å²) in [6, 6.07) is 0. The van der Waals surface area contributed by atoms with E-state index >= 15 is 0 Å². The second kappa shape index (κ2) is 18.1. The number of unbranched alkanes of at least 4 members (excludes halogenated alkanes) is 1. The Morgan fingerprint density at radius 2 is 1.41 bits per heavy atom. The number of aliphatic hydroxyl groups excluding tert-OH is 4. The summed E-state index contributed by atoms with van der Waals surface area (Å²) in [5.74, 6) is 0. The van der Waals surface area contributed by atoms with Gasteiger partial charge in [-0.2, -0.15) is 0 Å². The zero-order valence-corrected chi connectivity index (χ0v) is 10.5. The van der Waals surface area contributed by atoms with Crippen molar-refractivity contribution < 1.29 is 29.9 Å². The second-order valence-electron chi connectivity index (χ2n) is 3.32. The lowest BCUT2D eigenvalue weighted by Gasteiger charge is -2.02. The standard InChI is InChI=1S/C8H18O3.C3H8O3/c1-2-3-5-10-7-8-11-6-4-9;4-1-3(6)2-5/h9H,2-8H2,1H3;3-6H,1-2H2. The number of hydrogen-bond acceptors (Lipinski definition) is 6. The van der Waals surface area contributed by atoms with Crippen molar-refractivity contribution >= 4 is 0 Å². The number of rotatable bonds is 10. The number of hydrogen-bond donors (Lipinski definition) is 4. The van der Waals surface area contributed by atoms with Gasteiger partial charge in [-0.05, 0) is 6.42 Å². The highest BCUT2D eigenvalue weighted by molar-refractivity contribution is 4.44. The Morgan fingerprint density at radius 1 is 0.882 bits per heavy atom. The molecule has 0 atom stereocenters. The van der Waals surface area contributed by atoms with Crippen LogP contribution in [0, 0.1) is 0 Å². The molecular formula is C11H26O6. The smallest absolute Gasteiger partial charge is 0.100 e. The lowest BCUT2D eigenvalue weighted by molar-refractivity contribution is 0.0324. The molecule has 0 unspecified atom stereocenters. The first-order valence-corrected chi connectivity index (χ1v) is 5.89. The lowest BCUT2D eigenvalue weighted by Crippen LogP contribution is -2.15. The average molecular weight is 254 g/mol. The molecule has 0 amide bonds. The first-order chi connectivity index (χ1) is 8.22. The minimum absolute atomic E-state index is 0.0922. The van der Waals surface area contributed by atoms with Gasteiger partial charge in [-0.25, -0.2) is 0 Å². The summed E-state index contributed by atoms with van der Waals surface area (Å²) < 4.78 is 10.2. The molecule has 0 aromatic heterocycles. The molecule has 0 aliphatic carbocycles. The normalized spacial score (nSPS) is 10.2. The minimum atomic E-state index is -0.954. The Kier molecular flexibility index (Phi) is 20.4. The summed E-state index contributed by atoms with van der Waals surface area (Å²) in [6.07, 6.45) is 1.32. The third kappa shape index (κ3) is 21.6. The van der Waals surface area contributed by atoms with Gasteiger partial charge < -0.3 is 29.9 Å². The summed E-state index contributed by atoms with van der Waals surface area (Å²) in [4.78, 5) is 0. The van der Waals surface area contributed by atoms with Gasteiger partial charge in [-0.1, -0.05) is 13.3 Å². The molecule has 4 N–H and O–H groups in total. The Balaban J connectivity index is 0. The van der Waals surface area contributed by atoms with Gasteiger partial charge in [0.25, 0.3) is 0 Å². The Labute approximate surface area is 103 Å². The van der Waals surface area contributed by atoms with E-state index in [4.69, 9.17) is 29.9 Å². The fraction of sp³-hybridized carbons (Fsp3) is 1.00. The molecule has 0 fully saturated rings. The summed E-state index contributed by atoms with van der Waals surface area (Å²) >= 11 is 0. The maximum atomic E-state index is 8.34. The third-order valence-electron chi connectivity index (χ3n) is 1.67. The van der Waals surface area contributed by atoms with Crippen LogP contribution in [-0.4, -0.2) is 72.8 Å². The van der Waals surface area contributed by atoms with Crippen molar-refractivity contribution in [1.29, 1.82) is 0 Å². The molecule has 0 spiro atoms. The monoisotopic (exact) mass is 254 g/mol. The van der Waals surface area contributed by atoms with Gasteiger partial charge in [0, 0.05) is 6.61 Å². The molecule has 6 nitrogen and oxygen atoms in total. The van der Waals surface area contributed by atoms with Crippen LogP contribution in [0.1, 0.15) is 19.8 Å². The van der Waals surface area contributed by atoms with Crippen LogP contribution < -0.4 is 0 Å². The van der Waals surface area contributed by atoms with E-state index in [0.717, 1.165) is 19.4 Å². The SMILES string of the molecule is CCCCOCCOCCO.OCC(O)CO. The van der Waals surface area contributed by atoms with Gasteiger partial charge in [0.15, 0.2) is 0 Å². The van der Waals surface area contributed by atoms with E-state index in [0.29, 0.717) is 19.8 Å². The van der Waals surface area contributed by atoms with Crippen LogP contribution in [0.4, 0.5) is 0 Å². The fourth-order valence-corrected chi connectivity index (χ4v) is 0.691. The second-order valence-corrected chi connectivity index (χ2v) is 3.32. The summed E-state index contributed by atoms with van der Waals surface area (Å²) in [5.41, 5.74) is 0. The van der Waals surface area contributed by atoms with Crippen LogP contribution in [0.15, 0.2) is 0 Å². The van der Waals surface area contributed by atoms with Crippen molar-refractivity contribution in [2.24, 2.45) is 0 Å². The molecule has 0 saturated carbocycles. The van der Waals surface area contributed by atoms with E-state index in [-0.39, 0.29) is 19.8 Å². The maximum absolute atomic E-state index is 8.34. The van der Waals surface area contributed by atoms with Crippen molar-refractivity contribution in [3.05, 3.63) is 0 Å². The van der Waals surface area contributed by atoms with E-state index in [1.54, 1.807) is 0 Å². The summed E-state index contributed by atoms with van der Waals surface area (Å²) in [5, 5.41) is 32.4. The van der Waals surface area contributed by atoms with E-state index < -0.39 is 6.10 Å². The van der Waals surface area contributed by atoms with Crippen LogP contribution >= 0.6 is 0 Å². The van der Waals surface area contributed by atoms with Crippen molar-refractivity contribution in [2.45, 2.75) is 25.9 Å². The predicted molar refractivity (Wildman–Crippen MR) is 63.8 cm³/mol. The quantitative estimate of drug-likeness (QED) is 0.379. The molecule has 106 valence electrons. The van der Waals surface area contributed by atoms with Gasteiger partial charge in [0.05, 0.1) is 39.6 Å². The predicted octanol–water partition coefficient (Wildman–Crippen LogP) is -0.856. The highest BCUT2D eigenvalue weighted by atomic mass is 16.5. The molecular weight excluding hydrogens is 228 g/mol.